The van der Waals surface area contributed by atoms with Gasteiger partial charge >= 0.3 is 0 Å². The van der Waals surface area contributed by atoms with Crippen LogP contribution in [0.15, 0.2) is 48.5 Å². The zero-order valence-corrected chi connectivity index (χ0v) is 11.4. The molecule has 2 aromatic carbocycles. The summed E-state index contributed by atoms with van der Waals surface area (Å²) >= 11 is 0. The molecular weight excluding hydrogens is 236 g/mol. The van der Waals surface area contributed by atoms with E-state index in [2.05, 4.69) is 48.6 Å². The average Bonchev–Trinajstić information content (AvgIpc) is 2.39. The number of benzene rings is 2. The summed E-state index contributed by atoms with van der Waals surface area (Å²) in [5, 5.41) is 12.6. The minimum Gasteiger partial charge on any atom is -0.508 e. The van der Waals surface area contributed by atoms with Gasteiger partial charge in [-0.05, 0) is 49.5 Å². The zero-order chi connectivity index (χ0) is 13.7. The van der Waals surface area contributed by atoms with Crippen LogP contribution in [0.2, 0.25) is 0 Å². The van der Waals surface area contributed by atoms with E-state index in [0.717, 1.165) is 24.3 Å². The number of hydrogen-bond donors (Lipinski definition) is 2. The minimum absolute atomic E-state index is 0.303. The highest BCUT2D eigenvalue weighted by atomic mass is 16.3. The number of hydrogen-bond acceptors (Lipinski definition) is 3. The van der Waals surface area contributed by atoms with E-state index in [0.29, 0.717) is 5.75 Å². The van der Waals surface area contributed by atoms with Crippen LogP contribution in [0, 0.1) is 0 Å². The molecule has 3 heteroatoms. The van der Waals surface area contributed by atoms with Gasteiger partial charge in [-0.25, -0.2) is 0 Å². The lowest BCUT2D eigenvalue weighted by Gasteiger charge is -2.11. The molecule has 0 amide bonds. The van der Waals surface area contributed by atoms with Crippen molar-refractivity contribution >= 4 is 5.69 Å². The fourth-order valence-corrected chi connectivity index (χ4v) is 1.91. The van der Waals surface area contributed by atoms with E-state index in [9.17, 15) is 5.11 Å². The Labute approximate surface area is 114 Å². The van der Waals surface area contributed by atoms with Crippen LogP contribution < -0.4 is 5.32 Å². The molecule has 0 fully saturated rings. The predicted molar refractivity (Wildman–Crippen MR) is 79.3 cm³/mol. The maximum Gasteiger partial charge on any atom is 0.115 e. The van der Waals surface area contributed by atoms with Gasteiger partial charge in [0.15, 0.2) is 0 Å². The summed E-state index contributed by atoms with van der Waals surface area (Å²) in [5.41, 5.74) is 3.56. The van der Waals surface area contributed by atoms with Crippen LogP contribution in [0.5, 0.6) is 5.75 Å². The summed E-state index contributed by atoms with van der Waals surface area (Å²) in [6.45, 7) is 1.71. The second-order valence-corrected chi connectivity index (χ2v) is 4.95. The molecule has 2 aromatic rings. The summed E-state index contributed by atoms with van der Waals surface area (Å²) in [4.78, 5) is 2.15. The first-order valence-electron chi connectivity index (χ1n) is 6.39. The maximum absolute atomic E-state index is 9.22. The van der Waals surface area contributed by atoms with E-state index in [-0.39, 0.29) is 0 Å². The van der Waals surface area contributed by atoms with Gasteiger partial charge < -0.3 is 15.3 Å². The molecule has 0 saturated carbocycles. The van der Waals surface area contributed by atoms with Gasteiger partial charge in [0.1, 0.15) is 5.75 Å². The Bertz CT molecular complexity index is 503. The molecule has 0 aromatic heterocycles. The number of phenolic OH excluding ortho intramolecular Hbond substituents is 1. The smallest absolute Gasteiger partial charge is 0.115 e. The Kier molecular flexibility index (Phi) is 4.42. The van der Waals surface area contributed by atoms with Gasteiger partial charge in [-0.2, -0.15) is 0 Å². The molecule has 0 aliphatic heterocycles. The fraction of sp³-hybridized carbons (Fsp3) is 0.250. The molecular formula is C16H20N2O. The van der Waals surface area contributed by atoms with Crippen LogP contribution in [0.25, 0.3) is 0 Å². The Morgan fingerprint density at radius 2 is 1.47 bits per heavy atom. The monoisotopic (exact) mass is 256 g/mol. The summed E-state index contributed by atoms with van der Waals surface area (Å²) in [6.07, 6.45) is 0. The standard InChI is InChI=1S/C16H20N2O/c1-18(2)12-14-3-7-15(8-4-14)17-11-13-5-9-16(19)10-6-13/h3-10,17,19H,11-12H2,1-2H3. The highest BCUT2D eigenvalue weighted by Gasteiger charge is 1.97. The zero-order valence-electron chi connectivity index (χ0n) is 11.4. The molecule has 0 atom stereocenters. The third-order valence-electron chi connectivity index (χ3n) is 2.89. The summed E-state index contributed by atoms with van der Waals surface area (Å²) in [7, 11) is 4.13. The van der Waals surface area contributed by atoms with E-state index in [1.807, 2.05) is 12.1 Å². The van der Waals surface area contributed by atoms with Crippen molar-refractivity contribution < 1.29 is 5.11 Å². The molecule has 0 aliphatic carbocycles. The second-order valence-electron chi connectivity index (χ2n) is 4.95. The van der Waals surface area contributed by atoms with Crippen molar-refractivity contribution in [3.8, 4) is 5.75 Å². The van der Waals surface area contributed by atoms with Crippen molar-refractivity contribution in [3.05, 3.63) is 59.7 Å². The molecule has 0 spiro atoms. The van der Waals surface area contributed by atoms with Crippen molar-refractivity contribution in [2.24, 2.45) is 0 Å². The highest BCUT2D eigenvalue weighted by molar-refractivity contribution is 5.45. The van der Waals surface area contributed by atoms with Gasteiger partial charge in [0.25, 0.3) is 0 Å². The fourth-order valence-electron chi connectivity index (χ4n) is 1.91. The predicted octanol–water partition coefficient (Wildman–Crippen LogP) is 3.07. The van der Waals surface area contributed by atoms with Crippen molar-refractivity contribution in [3.63, 3.8) is 0 Å². The number of nitrogens with one attached hydrogen (secondary N) is 1. The maximum atomic E-state index is 9.22. The quantitative estimate of drug-likeness (QED) is 0.863. The Balaban J connectivity index is 1.91. The number of nitrogens with zero attached hydrogens (tertiary/aromatic N) is 1. The first-order valence-corrected chi connectivity index (χ1v) is 6.39. The third-order valence-corrected chi connectivity index (χ3v) is 2.89. The van der Waals surface area contributed by atoms with Crippen molar-refractivity contribution in [1.29, 1.82) is 0 Å². The van der Waals surface area contributed by atoms with E-state index in [1.165, 1.54) is 5.56 Å². The van der Waals surface area contributed by atoms with Crippen LogP contribution in [0.3, 0.4) is 0 Å². The number of rotatable bonds is 5. The molecule has 2 rings (SSSR count). The first-order chi connectivity index (χ1) is 9.13. The molecule has 0 unspecified atom stereocenters. The number of anilines is 1. The van der Waals surface area contributed by atoms with E-state index >= 15 is 0 Å². The second kappa shape index (κ2) is 6.25. The Hall–Kier alpha value is -2.00. The van der Waals surface area contributed by atoms with Crippen molar-refractivity contribution in [1.82, 2.24) is 4.90 Å². The first kappa shape index (κ1) is 13.4. The Morgan fingerprint density at radius 1 is 0.895 bits per heavy atom. The Morgan fingerprint density at radius 3 is 2.05 bits per heavy atom. The van der Waals surface area contributed by atoms with Gasteiger partial charge in [-0.1, -0.05) is 24.3 Å². The molecule has 0 heterocycles. The lowest BCUT2D eigenvalue weighted by Crippen LogP contribution is -2.10. The lowest BCUT2D eigenvalue weighted by molar-refractivity contribution is 0.402. The molecule has 0 bridgehead atoms. The largest absolute Gasteiger partial charge is 0.508 e. The van der Waals surface area contributed by atoms with Gasteiger partial charge in [0.2, 0.25) is 0 Å². The molecule has 0 saturated heterocycles. The third kappa shape index (κ3) is 4.30. The molecule has 0 radical (unpaired) electrons. The molecule has 2 N–H and O–H groups in total. The van der Waals surface area contributed by atoms with Crippen molar-refractivity contribution in [2.75, 3.05) is 19.4 Å². The minimum atomic E-state index is 0.303. The summed E-state index contributed by atoms with van der Waals surface area (Å²) in [5.74, 6) is 0.303. The SMILES string of the molecule is CN(C)Cc1ccc(NCc2ccc(O)cc2)cc1. The van der Waals surface area contributed by atoms with Crippen LogP contribution in [-0.2, 0) is 13.1 Å². The number of phenols is 1. The van der Waals surface area contributed by atoms with Gasteiger partial charge in [0.05, 0.1) is 0 Å². The van der Waals surface area contributed by atoms with Gasteiger partial charge in [-0.3, -0.25) is 0 Å². The highest BCUT2D eigenvalue weighted by Crippen LogP contribution is 2.14. The topological polar surface area (TPSA) is 35.5 Å². The van der Waals surface area contributed by atoms with Gasteiger partial charge in [0, 0.05) is 18.8 Å². The van der Waals surface area contributed by atoms with Crippen LogP contribution in [0.4, 0.5) is 5.69 Å². The average molecular weight is 256 g/mol. The van der Waals surface area contributed by atoms with Crippen LogP contribution in [-0.4, -0.2) is 24.1 Å². The van der Waals surface area contributed by atoms with Crippen molar-refractivity contribution in [2.45, 2.75) is 13.1 Å². The summed E-state index contributed by atoms with van der Waals surface area (Å²) in [6, 6.07) is 15.7. The molecule has 0 aliphatic rings. The van der Waals surface area contributed by atoms with E-state index < -0.39 is 0 Å². The van der Waals surface area contributed by atoms with E-state index in [4.69, 9.17) is 0 Å². The van der Waals surface area contributed by atoms with Crippen LogP contribution in [0.1, 0.15) is 11.1 Å². The van der Waals surface area contributed by atoms with E-state index in [1.54, 1.807) is 12.1 Å². The van der Waals surface area contributed by atoms with Crippen LogP contribution >= 0.6 is 0 Å². The molecule has 19 heavy (non-hydrogen) atoms. The van der Waals surface area contributed by atoms with Gasteiger partial charge in [-0.15, -0.1) is 0 Å². The normalized spacial score (nSPS) is 10.7. The lowest BCUT2D eigenvalue weighted by atomic mass is 10.2. The molecule has 3 nitrogen and oxygen atoms in total. The summed E-state index contributed by atoms with van der Waals surface area (Å²) < 4.78 is 0. The molecule has 100 valence electrons. The number of aromatic hydroxyl groups is 1.